The Hall–Kier alpha value is -2.04. The van der Waals surface area contributed by atoms with E-state index in [4.69, 9.17) is 42.2 Å². The van der Waals surface area contributed by atoms with E-state index in [9.17, 15) is 74.9 Å². The van der Waals surface area contributed by atoms with Crippen molar-refractivity contribution >= 4 is 25.7 Å². The number of aliphatic hydroxyl groups excluding tert-OH is 10. The normalized spacial score (nSPS) is 28.1. The molecule has 0 spiro atoms. The first kappa shape index (κ1) is 87.2. The summed E-state index contributed by atoms with van der Waals surface area (Å²) in [6.07, 6.45) is 8.94. The third-order valence-electron chi connectivity index (χ3n) is 18.6. The van der Waals surface area contributed by atoms with E-state index in [1.807, 2.05) is 0 Å². The van der Waals surface area contributed by atoms with Crippen molar-refractivity contribution in [1.29, 1.82) is 0 Å². The van der Waals surface area contributed by atoms with Crippen LogP contribution in [0.4, 0.5) is 0 Å². The summed E-state index contributed by atoms with van der Waals surface area (Å²) >= 11 is 0. The zero-order chi connectivity index (χ0) is 69.6. The zero-order valence-electron chi connectivity index (χ0n) is 58.2. The largest absolute Gasteiger partial charge is 0.472 e. The molecular weight excluding hydrogens is 1260 g/mol. The molecule has 3 fully saturated rings. The number of hydrogen-bond donors (Lipinski definition) is 11. The highest BCUT2D eigenvalue weighted by Crippen LogP contribution is 2.49. The second kappa shape index (κ2) is 52.9. The van der Waals surface area contributed by atoms with Crippen molar-refractivity contribution in [2.75, 3.05) is 26.4 Å². The molecule has 0 radical (unpaired) electrons. The van der Waals surface area contributed by atoms with Crippen molar-refractivity contribution in [3.63, 3.8) is 0 Å². The van der Waals surface area contributed by atoms with E-state index in [2.05, 4.69) is 20.8 Å². The minimum atomic E-state index is -5.69. The van der Waals surface area contributed by atoms with Crippen LogP contribution < -0.4 is 0 Å². The molecule has 1 aliphatic carbocycles. The highest BCUT2D eigenvalue weighted by Gasteiger charge is 2.58. The van der Waals surface area contributed by atoms with E-state index >= 15 is 0 Å². The van der Waals surface area contributed by atoms with Crippen LogP contribution in [0.25, 0.3) is 0 Å². The number of esters is 3. The van der Waals surface area contributed by atoms with E-state index in [1.54, 1.807) is 0 Å². The molecule has 0 aromatic rings. The zero-order valence-corrected chi connectivity index (χ0v) is 59.1. The number of ether oxygens (including phenoxy) is 7. The second-order valence-electron chi connectivity index (χ2n) is 27.0. The predicted molar refractivity (Wildman–Crippen MR) is 356 cm³/mol. The van der Waals surface area contributed by atoms with Crippen molar-refractivity contribution < 1.29 is 117 Å². The van der Waals surface area contributed by atoms with Crippen LogP contribution in [0.5, 0.6) is 0 Å². The number of hydrogen-bond acceptors (Lipinski definition) is 23. The van der Waals surface area contributed by atoms with Gasteiger partial charge in [-0.1, -0.05) is 258 Å². The molecule has 18 unspecified atom stereocenters. The Morgan fingerprint density at radius 2 is 0.674 bits per heavy atom. The molecule has 1 saturated carbocycles. The fourth-order valence-corrected chi connectivity index (χ4v) is 13.5. The lowest BCUT2D eigenvalue weighted by Crippen LogP contribution is -2.69. The Labute approximate surface area is 568 Å². The van der Waals surface area contributed by atoms with Crippen LogP contribution >= 0.6 is 7.82 Å². The van der Waals surface area contributed by atoms with Crippen LogP contribution in [0.3, 0.4) is 0 Å². The SMILES string of the molecule is CCCCCCCCCCCCCCCCCC(=O)OCC1OC(OC2C(O)C(O)C(O)C(OC3OC(CO)C(O)C(O)C3O)C2OP(=O)(O)OCC(COC(=O)CCCCCCCCCCCCC)OC(=O)CCCCCCCCCCCCCCCC)C(O)C(O)C1O. The second-order valence-corrected chi connectivity index (χ2v) is 28.4. The topological polar surface area (TPSA) is 374 Å². The lowest BCUT2D eigenvalue weighted by atomic mass is 9.84. The molecule has 11 N–H and O–H groups in total. The Morgan fingerprint density at radius 3 is 1.03 bits per heavy atom. The van der Waals surface area contributed by atoms with E-state index < -0.39 is 156 Å². The lowest BCUT2D eigenvalue weighted by Gasteiger charge is -2.49. The molecule has 0 aromatic heterocycles. The van der Waals surface area contributed by atoms with Gasteiger partial charge in [0.2, 0.25) is 0 Å². The van der Waals surface area contributed by atoms with Crippen LogP contribution in [0.1, 0.15) is 297 Å². The lowest BCUT2D eigenvalue weighted by molar-refractivity contribution is -0.360. The summed E-state index contributed by atoms with van der Waals surface area (Å²) in [5, 5.41) is 110. The van der Waals surface area contributed by atoms with E-state index in [1.165, 1.54) is 141 Å². The number of carbonyl (C=O) groups is 3. The third-order valence-corrected chi connectivity index (χ3v) is 19.6. The number of aliphatic hydroxyl groups is 10. The molecular formula is C70H131O24P. The maximum Gasteiger partial charge on any atom is 0.472 e. The van der Waals surface area contributed by atoms with Gasteiger partial charge in [0.1, 0.15) is 98.7 Å². The molecule has 18 atom stereocenters. The van der Waals surface area contributed by atoms with Gasteiger partial charge in [0.25, 0.3) is 0 Å². The third kappa shape index (κ3) is 36.4. The van der Waals surface area contributed by atoms with Gasteiger partial charge in [0, 0.05) is 19.3 Å². The molecule has 2 saturated heterocycles. The van der Waals surface area contributed by atoms with Crippen molar-refractivity contribution in [2.45, 2.75) is 401 Å². The summed E-state index contributed by atoms with van der Waals surface area (Å²) in [6, 6.07) is 0. The van der Waals surface area contributed by atoms with E-state index in [0.29, 0.717) is 19.3 Å². The summed E-state index contributed by atoms with van der Waals surface area (Å²) in [6.45, 7) is 3.45. The van der Waals surface area contributed by atoms with Crippen molar-refractivity contribution in [3.8, 4) is 0 Å². The summed E-state index contributed by atoms with van der Waals surface area (Å²) in [5.74, 6) is -1.98. The van der Waals surface area contributed by atoms with Crippen LogP contribution in [0, 0.1) is 0 Å². The predicted octanol–water partition coefficient (Wildman–Crippen LogP) is 9.79. The fourth-order valence-electron chi connectivity index (χ4n) is 12.5. The smallest absolute Gasteiger partial charge is 0.463 e. The number of carbonyl (C=O) groups excluding carboxylic acids is 3. The minimum absolute atomic E-state index is 0.0334. The van der Waals surface area contributed by atoms with Crippen molar-refractivity contribution in [1.82, 2.24) is 0 Å². The number of rotatable bonds is 58. The first-order chi connectivity index (χ1) is 45.8. The van der Waals surface area contributed by atoms with Gasteiger partial charge in [-0.25, -0.2) is 4.57 Å². The van der Waals surface area contributed by atoms with Crippen LogP contribution in [0.2, 0.25) is 0 Å². The maximum atomic E-state index is 14.3. The van der Waals surface area contributed by atoms with Crippen LogP contribution in [-0.4, -0.2) is 204 Å². The quantitative estimate of drug-likeness (QED) is 0.0117. The monoisotopic (exact) mass is 1390 g/mol. The van der Waals surface area contributed by atoms with Gasteiger partial charge < -0.3 is 89.1 Å². The average molecular weight is 1390 g/mol. The van der Waals surface area contributed by atoms with Gasteiger partial charge in [-0.2, -0.15) is 0 Å². The highest BCUT2D eigenvalue weighted by molar-refractivity contribution is 7.47. The van der Waals surface area contributed by atoms with Gasteiger partial charge in [-0.3, -0.25) is 23.4 Å². The number of phosphoric acid groups is 1. The van der Waals surface area contributed by atoms with Crippen LogP contribution in [-0.2, 0) is 61.2 Å². The Morgan fingerprint density at radius 1 is 0.368 bits per heavy atom. The Bertz CT molecular complexity index is 1980. The molecule has 3 rings (SSSR count). The van der Waals surface area contributed by atoms with Gasteiger partial charge >= 0.3 is 25.7 Å². The molecule has 95 heavy (non-hydrogen) atoms. The minimum Gasteiger partial charge on any atom is -0.463 e. The molecule has 0 amide bonds. The Balaban J connectivity index is 1.73. The molecule has 0 bridgehead atoms. The Kier molecular flexibility index (Phi) is 48.5. The molecule has 25 heteroatoms. The number of unbranched alkanes of at least 4 members (excludes halogenated alkanes) is 37. The van der Waals surface area contributed by atoms with Crippen LogP contribution in [0.15, 0.2) is 0 Å². The van der Waals surface area contributed by atoms with Crippen molar-refractivity contribution in [2.24, 2.45) is 0 Å². The number of phosphoric ester groups is 1. The summed E-state index contributed by atoms with van der Waals surface area (Å²) in [5.41, 5.74) is 0. The van der Waals surface area contributed by atoms with Gasteiger partial charge in [0.05, 0.1) is 13.2 Å². The fraction of sp³-hybridized carbons (Fsp3) is 0.957. The standard InChI is InChI=1S/C70H131O24P/c1-4-7-10-13-16-19-22-24-26-28-30-33-36-39-42-45-55(73)87-50-53-58(76)60(78)65(83)70(91-53)93-67-63(81)61(79)62(80)66(92-69-64(82)59(77)57(75)52(47-71)90-69)68(67)94-95(84,85)88-49-51(48-86-54(72)44-41-38-35-32-29-21-18-15-12-9-6-3)89-56(74)46-43-40-37-34-31-27-25-23-20-17-14-11-8-5-2/h51-53,57-71,75-83H,4-50H2,1-3H3,(H,84,85). The summed E-state index contributed by atoms with van der Waals surface area (Å²) in [4.78, 5) is 50.9. The van der Waals surface area contributed by atoms with Crippen molar-refractivity contribution in [3.05, 3.63) is 0 Å². The highest BCUT2D eigenvalue weighted by atomic mass is 31.2. The first-order valence-corrected chi connectivity index (χ1v) is 38.8. The van der Waals surface area contributed by atoms with Gasteiger partial charge in [-0.05, 0) is 19.3 Å². The molecule has 2 aliphatic heterocycles. The van der Waals surface area contributed by atoms with Gasteiger partial charge in [0.15, 0.2) is 18.7 Å². The summed E-state index contributed by atoms with van der Waals surface area (Å²) < 4.78 is 65.0. The average Bonchev–Trinajstić information content (AvgIpc) is 0.764. The van der Waals surface area contributed by atoms with E-state index in [0.717, 1.165) is 96.3 Å². The molecule has 3 aliphatic rings. The molecule has 560 valence electrons. The first-order valence-electron chi connectivity index (χ1n) is 37.3. The molecule has 0 aromatic carbocycles. The maximum absolute atomic E-state index is 14.3. The summed E-state index contributed by atoms with van der Waals surface area (Å²) in [7, 11) is -5.69. The van der Waals surface area contributed by atoms with E-state index in [-0.39, 0.29) is 19.3 Å². The molecule has 2 heterocycles. The van der Waals surface area contributed by atoms with Gasteiger partial charge in [-0.15, -0.1) is 0 Å². The molecule has 24 nitrogen and oxygen atoms in total.